The van der Waals surface area contributed by atoms with E-state index in [-0.39, 0.29) is 0 Å². The average molecular weight is 390 g/mol. The maximum Gasteiger partial charge on any atom is 0.0716 e. The van der Waals surface area contributed by atoms with E-state index < -0.39 is 0 Å². The number of hydrogen-bond donors (Lipinski definition) is 1. The van der Waals surface area contributed by atoms with E-state index in [4.69, 9.17) is 4.99 Å². The van der Waals surface area contributed by atoms with E-state index >= 15 is 0 Å². The van der Waals surface area contributed by atoms with E-state index in [1.54, 1.807) is 0 Å². The van der Waals surface area contributed by atoms with Gasteiger partial charge in [0.25, 0.3) is 0 Å². The van der Waals surface area contributed by atoms with E-state index in [1.165, 1.54) is 32.8 Å². The molecule has 30 heavy (non-hydrogen) atoms. The normalized spacial score (nSPS) is 11.5. The van der Waals surface area contributed by atoms with Crippen molar-refractivity contribution in [3.63, 3.8) is 0 Å². The smallest absolute Gasteiger partial charge is 0.0716 e. The van der Waals surface area contributed by atoms with Gasteiger partial charge in [0.15, 0.2) is 0 Å². The van der Waals surface area contributed by atoms with Crippen molar-refractivity contribution in [1.82, 2.24) is 4.98 Å². The second-order valence-electron chi connectivity index (χ2n) is 7.64. The molecule has 0 aliphatic heterocycles. The number of aromatic nitrogens is 1. The van der Waals surface area contributed by atoms with Gasteiger partial charge in [-0.05, 0) is 45.8 Å². The number of H-pyrrole nitrogens is 1. The highest BCUT2D eigenvalue weighted by Gasteiger charge is 2.17. The van der Waals surface area contributed by atoms with Crippen LogP contribution in [0.1, 0.15) is 5.69 Å². The summed E-state index contributed by atoms with van der Waals surface area (Å²) < 4.78 is 0. The minimum atomic E-state index is 0.961. The number of nitrogens with zero attached hydrogens (tertiary/aromatic N) is 2. The Hall–Kier alpha value is -3.85. The standard InChI is InChI=1S/C27H23N3/c1-30(2)25-16-14-20-9-4-6-12-23(20)27(25)26-22-11-5-3-8-19(22)13-15-24(26)29-18-21-10-7-17-28-21/h3-18,28H,1-2H3. The molecule has 0 amide bonds. The Morgan fingerprint density at radius 1 is 0.700 bits per heavy atom. The van der Waals surface area contributed by atoms with Crippen molar-refractivity contribution in [2.24, 2.45) is 4.99 Å². The molecule has 5 aromatic rings. The molecule has 0 saturated heterocycles. The van der Waals surface area contributed by atoms with E-state index in [9.17, 15) is 0 Å². The quantitative estimate of drug-likeness (QED) is 0.337. The molecule has 3 nitrogen and oxygen atoms in total. The highest BCUT2D eigenvalue weighted by Crippen LogP contribution is 2.45. The number of rotatable bonds is 4. The fourth-order valence-corrected chi connectivity index (χ4v) is 4.09. The van der Waals surface area contributed by atoms with Crippen LogP contribution in [0.25, 0.3) is 32.7 Å². The molecule has 0 fully saturated rings. The van der Waals surface area contributed by atoms with Crippen molar-refractivity contribution >= 4 is 39.1 Å². The van der Waals surface area contributed by atoms with Gasteiger partial charge in [-0.25, -0.2) is 0 Å². The molecule has 0 aliphatic carbocycles. The van der Waals surface area contributed by atoms with Crippen molar-refractivity contribution in [3.8, 4) is 11.1 Å². The summed E-state index contributed by atoms with van der Waals surface area (Å²) in [6.45, 7) is 0. The summed E-state index contributed by atoms with van der Waals surface area (Å²) in [5.74, 6) is 0. The summed E-state index contributed by atoms with van der Waals surface area (Å²) in [6, 6.07) is 29.8. The summed E-state index contributed by atoms with van der Waals surface area (Å²) in [5.41, 5.74) is 5.51. The molecule has 5 rings (SSSR count). The van der Waals surface area contributed by atoms with Crippen LogP contribution in [0.3, 0.4) is 0 Å². The zero-order chi connectivity index (χ0) is 20.5. The van der Waals surface area contributed by atoms with Gasteiger partial charge >= 0.3 is 0 Å². The van der Waals surface area contributed by atoms with Crippen LogP contribution in [0.15, 0.2) is 96.1 Å². The third-order valence-electron chi connectivity index (χ3n) is 5.51. The van der Waals surface area contributed by atoms with Crippen LogP contribution in [-0.2, 0) is 0 Å². The Kier molecular flexibility index (Phi) is 4.56. The molecule has 1 aromatic heterocycles. The molecule has 1 N–H and O–H groups in total. The maximum atomic E-state index is 4.91. The molecule has 0 aliphatic rings. The molecular formula is C27H23N3. The molecule has 0 atom stereocenters. The first-order valence-corrected chi connectivity index (χ1v) is 10.1. The highest BCUT2D eigenvalue weighted by molar-refractivity contribution is 6.13. The molecule has 0 unspecified atom stereocenters. The maximum absolute atomic E-state index is 4.91. The summed E-state index contributed by atoms with van der Waals surface area (Å²) >= 11 is 0. The van der Waals surface area contributed by atoms with Crippen LogP contribution in [-0.4, -0.2) is 25.3 Å². The van der Waals surface area contributed by atoms with E-state index in [1.807, 2.05) is 24.5 Å². The van der Waals surface area contributed by atoms with Gasteiger partial charge in [-0.3, -0.25) is 4.99 Å². The second kappa shape index (κ2) is 7.53. The first-order chi connectivity index (χ1) is 14.7. The van der Waals surface area contributed by atoms with Gasteiger partial charge in [0, 0.05) is 37.1 Å². The van der Waals surface area contributed by atoms with Crippen LogP contribution in [0, 0.1) is 0 Å². The molecule has 146 valence electrons. The van der Waals surface area contributed by atoms with Crippen LogP contribution in [0.2, 0.25) is 0 Å². The number of benzene rings is 4. The first kappa shape index (κ1) is 18.2. The number of anilines is 1. The van der Waals surface area contributed by atoms with Crippen molar-refractivity contribution in [2.45, 2.75) is 0 Å². The molecule has 0 bridgehead atoms. The lowest BCUT2D eigenvalue weighted by Gasteiger charge is -2.22. The van der Waals surface area contributed by atoms with Crippen molar-refractivity contribution in [1.29, 1.82) is 0 Å². The van der Waals surface area contributed by atoms with Crippen LogP contribution >= 0.6 is 0 Å². The minimum absolute atomic E-state index is 0.961. The van der Waals surface area contributed by atoms with Crippen LogP contribution in [0.4, 0.5) is 11.4 Å². The zero-order valence-electron chi connectivity index (χ0n) is 17.1. The fourth-order valence-electron chi connectivity index (χ4n) is 4.09. The summed E-state index contributed by atoms with van der Waals surface area (Å²) in [4.78, 5) is 10.3. The lowest BCUT2D eigenvalue weighted by molar-refractivity contribution is 1.14. The van der Waals surface area contributed by atoms with Crippen molar-refractivity contribution < 1.29 is 0 Å². The van der Waals surface area contributed by atoms with Gasteiger partial charge in [0.05, 0.1) is 17.6 Å². The van der Waals surface area contributed by atoms with Gasteiger partial charge in [0.2, 0.25) is 0 Å². The second-order valence-corrected chi connectivity index (χ2v) is 7.64. The molecule has 0 saturated carbocycles. The van der Waals surface area contributed by atoms with Crippen LogP contribution in [0.5, 0.6) is 0 Å². The van der Waals surface area contributed by atoms with Crippen molar-refractivity contribution in [2.75, 3.05) is 19.0 Å². The number of aromatic amines is 1. The predicted octanol–water partition coefficient (Wildman–Crippen LogP) is 6.80. The summed E-state index contributed by atoms with van der Waals surface area (Å²) in [7, 11) is 4.20. The number of nitrogens with one attached hydrogen (secondary N) is 1. The molecule has 0 radical (unpaired) electrons. The Morgan fingerprint density at radius 2 is 1.37 bits per heavy atom. The Labute approximate surface area is 176 Å². The molecule has 4 aromatic carbocycles. The lowest BCUT2D eigenvalue weighted by atomic mass is 9.91. The highest BCUT2D eigenvalue weighted by atomic mass is 15.1. The van der Waals surface area contributed by atoms with Gasteiger partial charge in [-0.1, -0.05) is 60.7 Å². The topological polar surface area (TPSA) is 31.4 Å². The molecular weight excluding hydrogens is 366 g/mol. The summed E-state index contributed by atoms with van der Waals surface area (Å²) in [5, 5.41) is 4.88. The number of fused-ring (bicyclic) bond motifs is 2. The Morgan fingerprint density at radius 3 is 2.03 bits per heavy atom. The third-order valence-corrected chi connectivity index (χ3v) is 5.51. The fraction of sp³-hybridized carbons (Fsp3) is 0.0741. The number of hydrogen-bond acceptors (Lipinski definition) is 2. The Bertz CT molecular complexity index is 1360. The molecule has 0 spiro atoms. The first-order valence-electron chi connectivity index (χ1n) is 10.1. The monoisotopic (exact) mass is 389 g/mol. The van der Waals surface area contributed by atoms with Gasteiger partial charge in [0.1, 0.15) is 0 Å². The van der Waals surface area contributed by atoms with E-state index in [0.717, 1.165) is 16.9 Å². The van der Waals surface area contributed by atoms with E-state index in [0.29, 0.717) is 0 Å². The minimum Gasteiger partial charge on any atom is -0.377 e. The predicted molar refractivity (Wildman–Crippen MR) is 129 cm³/mol. The molecule has 3 heteroatoms. The van der Waals surface area contributed by atoms with Gasteiger partial charge in [-0.15, -0.1) is 0 Å². The average Bonchev–Trinajstić information content (AvgIpc) is 3.30. The summed E-state index contributed by atoms with van der Waals surface area (Å²) in [6.07, 6.45) is 3.81. The zero-order valence-corrected chi connectivity index (χ0v) is 17.1. The SMILES string of the molecule is CN(C)c1ccc2ccccc2c1-c1c(N=Cc2ccc[nH]2)ccc2ccccc12. The van der Waals surface area contributed by atoms with Gasteiger partial charge < -0.3 is 9.88 Å². The van der Waals surface area contributed by atoms with Crippen LogP contribution < -0.4 is 4.90 Å². The van der Waals surface area contributed by atoms with Crippen molar-refractivity contribution in [3.05, 3.63) is 96.8 Å². The largest absolute Gasteiger partial charge is 0.377 e. The Balaban J connectivity index is 1.88. The van der Waals surface area contributed by atoms with Gasteiger partial charge in [-0.2, -0.15) is 0 Å². The third kappa shape index (κ3) is 3.15. The number of aliphatic imine (C=N–C) groups is 1. The lowest BCUT2D eigenvalue weighted by Crippen LogP contribution is -2.10. The van der Waals surface area contributed by atoms with E-state index in [2.05, 4.69) is 96.8 Å². The molecule has 1 heterocycles.